The minimum atomic E-state index is -1.56. The van der Waals surface area contributed by atoms with Crippen LogP contribution in [0, 0.1) is 0 Å². The summed E-state index contributed by atoms with van der Waals surface area (Å²) >= 11 is 4.13. The second-order valence-corrected chi connectivity index (χ2v) is 3.85. The molecule has 0 saturated carbocycles. The van der Waals surface area contributed by atoms with Gasteiger partial charge in [-0.15, -0.1) is 12.6 Å². The summed E-state index contributed by atoms with van der Waals surface area (Å²) in [6, 6.07) is 4.78. The summed E-state index contributed by atoms with van der Waals surface area (Å²) in [7, 11) is 0. The highest BCUT2D eigenvalue weighted by Crippen LogP contribution is 2.22. The van der Waals surface area contributed by atoms with Crippen molar-refractivity contribution in [2.24, 2.45) is 0 Å². The summed E-state index contributed by atoms with van der Waals surface area (Å²) in [5.41, 5.74) is 0.946. The number of hydrogen-bond acceptors (Lipinski definition) is 4. The number of carbonyl (C=O) groups is 2. The van der Waals surface area contributed by atoms with Crippen molar-refractivity contribution in [1.82, 2.24) is 0 Å². The zero-order chi connectivity index (χ0) is 12.1. The molecule has 86 valence electrons. The second kappa shape index (κ2) is 5.67. The number of benzene rings is 1. The fraction of sp³-hybridized carbons (Fsp3) is 0.273. The highest BCUT2D eigenvalue weighted by atomic mass is 32.1. The summed E-state index contributed by atoms with van der Waals surface area (Å²) in [4.78, 5) is 21.6. The molecule has 1 rings (SSSR count). The summed E-state index contributed by atoms with van der Waals surface area (Å²) in [6.07, 6.45) is -0.119. The summed E-state index contributed by atoms with van der Waals surface area (Å²) in [5.74, 6) is -1.31. The Balaban J connectivity index is 3.06. The Morgan fingerprint density at radius 2 is 2.19 bits per heavy atom. The quantitative estimate of drug-likeness (QED) is 0.534. The van der Waals surface area contributed by atoms with Crippen LogP contribution in [0.4, 0.5) is 0 Å². The molecule has 0 amide bonds. The van der Waals surface area contributed by atoms with Gasteiger partial charge in [-0.1, -0.05) is 6.07 Å². The van der Waals surface area contributed by atoms with Gasteiger partial charge in [0.05, 0.1) is 0 Å². The fourth-order valence-corrected chi connectivity index (χ4v) is 1.65. The molecule has 1 atom stereocenters. The molecule has 2 N–H and O–H groups in total. The maximum atomic E-state index is 10.7. The Morgan fingerprint density at radius 1 is 1.50 bits per heavy atom. The number of carbonyl (C=O) groups excluding carboxylic acids is 1. The van der Waals surface area contributed by atoms with Gasteiger partial charge >= 0.3 is 5.97 Å². The smallest absolute Gasteiger partial charge is 0.337 e. The van der Waals surface area contributed by atoms with Crippen molar-refractivity contribution >= 4 is 24.9 Å². The van der Waals surface area contributed by atoms with Crippen LogP contribution in [0.15, 0.2) is 23.1 Å². The third-order valence-corrected chi connectivity index (χ3v) is 2.46. The Hall–Kier alpha value is -1.33. The van der Waals surface area contributed by atoms with Crippen LogP contribution in [-0.2, 0) is 16.0 Å². The van der Waals surface area contributed by atoms with Crippen LogP contribution in [0.25, 0.3) is 0 Å². The van der Waals surface area contributed by atoms with Crippen LogP contribution in [0.1, 0.15) is 23.7 Å². The highest BCUT2D eigenvalue weighted by Gasteiger charge is 2.19. The van der Waals surface area contributed by atoms with Crippen molar-refractivity contribution in [3.63, 3.8) is 0 Å². The first-order valence-electron chi connectivity index (χ1n) is 4.72. The third-order valence-electron chi connectivity index (χ3n) is 2.19. The number of carboxylic acid groups (broad SMARTS) is 1. The molecule has 16 heavy (non-hydrogen) atoms. The molecular weight excluding hydrogens is 228 g/mol. The molecule has 0 aliphatic heterocycles. The lowest BCUT2D eigenvalue weighted by molar-refractivity contribution is -0.147. The summed E-state index contributed by atoms with van der Waals surface area (Å²) in [6.45, 7) is 0. The molecule has 0 fully saturated rings. The largest absolute Gasteiger partial charge is 0.479 e. The number of hydrogen-bond donors (Lipinski definition) is 3. The van der Waals surface area contributed by atoms with Crippen LogP contribution >= 0.6 is 12.6 Å². The van der Waals surface area contributed by atoms with Gasteiger partial charge in [0.25, 0.3) is 0 Å². The molecular formula is C11H12O4S. The zero-order valence-corrected chi connectivity index (χ0v) is 9.35. The number of aliphatic carboxylic acids is 1. The molecule has 0 saturated heterocycles. The molecule has 1 aromatic rings. The van der Waals surface area contributed by atoms with E-state index < -0.39 is 12.1 Å². The molecule has 1 aromatic carbocycles. The number of aliphatic hydroxyl groups is 1. The first-order valence-corrected chi connectivity index (χ1v) is 5.17. The fourth-order valence-electron chi connectivity index (χ4n) is 1.42. The van der Waals surface area contributed by atoms with E-state index in [4.69, 9.17) is 5.11 Å². The van der Waals surface area contributed by atoms with Crippen molar-refractivity contribution in [3.05, 3.63) is 29.3 Å². The number of rotatable bonds is 5. The first kappa shape index (κ1) is 12.7. The Labute approximate surface area is 98.3 Å². The second-order valence-electron chi connectivity index (χ2n) is 3.33. The van der Waals surface area contributed by atoms with E-state index in [9.17, 15) is 14.7 Å². The van der Waals surface area contributed by atoms with Crippen molar-refractivity contribution in [2.45, 2.75) is 23.8 Å². The molecule has 0 spiro atoms. The maximum Gasteiger partial charge on any atom is 0.337 e. The maximum absolute atomic E-state index is 10.7. The predicted octanol–water partition coefficient (Wildman–Crippen LogP) is 1.22. The van der Waals surface area contributed by atoms with E-state index in [1.807, 2.05) is 0 Å². The Bertz CT molecular complexity index is 403. The van der Waals surface area contributed by atoms with Crippen molar-refractivity contribution in [3.8, 4) is 0 Å². The van der Waals surface area contributed by atoms with Crippen LogP contribution < -0.4 is 0 Å². The molecule has 5 heteroatoms. The van der Waals surface area contributed by atoms with Crippen LogP contribution in [0.5, 0.6) is 0 Å². The molecule has 0 aliphatic rings. The number of aldehydes is 1. The standard InChI is InChI=1S/C11H12O4S/c12-5-1-2-7-6-8(16)3-4-9(7)10(13)11(14)15/h3-6,10,13,16H,1-2H2,(H,14,15). The van der Waals surface area contributed by atoms with Gasteiger partial charge in [0.1, 0.15) is 6.29 Å². The normalized spacial score (nSPS) is 12.1. The van der Waals surface area contributed by atoms with E-state index in [1.165, 1.54) is 6.07 Å². The lowest BCUT2D eigenvalue weighted by Crippen LogP contribution is -2.12. The lowest BCUT2D eigenvalue weighted by Gasteiger charge is -2.12. The third kappa shape index (κ3) is 3.08. The van der Waals surface area contributed by atoms with Gasteiger partial charge in [-0.25, -0.2) is 4.79 Å². The zero-order valence-electron chi connectivity index (χ0n) is 8.46. The van der Waals surface area contributed by atoms with E-state index in [1.54, 1.807) is 12.1 Å². The molecule has 0 aliphatic carbocycles. The van der Waals surface area contributed by atoms with Gasteiger partial charge in [-0.2, -0.15) is 0 Å². The van der Waals surface area contributed by atoms with Gasteiger partial charge in [-0.3, -0.25) is 0 Å². The molecule has 1 unspecified atom stereocenters. The number of aliphatic hydroxyl groups excluding tert-OH is 1. The van der Waals surface area contributed by atoms with Gasteiger partial charge in [0, 0.05) is 11.3 Å². The number of carboxylic acids is 1. The van der Waals surface area contributed by atoms with Crippen molar-refractivity contribution in [2.75, 3.05) is 0 Å². The van der Waals surface area contributed by atoms with E-state index >= 15 is 0 Å². The van der Waals surface area contributed by atoms with Gasteiger partial charge in [0.15, 0.2) is 6.10 Å². The van der Waals surface area contributed by atoms with Crippen molar-refractivity contribution < 1.29 is 19.8 Å². The average Bonchev–Trinajstić information content (AvgIpc) is 2.25. The van der Waals surface area contributed by atoms with Crippen LogP contribution in [0.2, 0.25) is 0 Å². The molecule has 4 nitrogen and oxygen atoms in total. The number of thiol groups is 1. The highest BCUT2D eigenvalue weighted by molar-refractivity contribution is 7.80. The Kier molecular flexibility index (Phi) is 4.52. The van der Waals surface area contributed by atoms with Crippen molar-refractivity contribution in [1.29, 1.82) is 0 Å². The monoisotopic (exact) mass is 240 g/mol. The summed E-state index contributed by atoms with van der Waals surface area (Å²) in [5, 5.41) is 18.2. The first-order chi connectivity index (χ1) is 7.56. The lowest BCUT2D eigenvalue weighted by atomic mass is 9.99. The van der Waals surface area contributed by atoms with Gasteiger partial charge in [0.2, 0.25) is 0 Å². The van der Waals surface area contributed by atoms with Crippen LogP contribution in [0.3, 0.4) is 0 Å². The molecule has 0 heterocycles. The number of aryl methyl sites for hydroxylation is 1. The van der Waals surface area contributed by atoms with E-state index in [0.29, 0.717) is 22.4 Å². The molecule has 0 radical (unpaired) electrons. The molecule has 0 aromatic heterocycles. The minimum Gasteiger partial charge on any atom is -0.479 e. The average molecular weight is 240 g/mol. The Morgan fingerprint density at radius 3 is 2.75 bits per heavy atom. The SMILES string of the molecule is O=CCCc1cc(S)ccc1C(O)C(=O)O. The van der Waals surface area contributed by atoms with E-state index in [2.05, 4.69) is 12.6 Å². The molecule has 0 bridgehead atoms. The van der Waals surface area contributed by atoms with Gasteiger partial charge < -0.3 is 15.0 Å². The van der Waals surface area contributed by atoms with E-state index in [-0.39, 0.29) is 6.42 Å². The van der Waals surface area contributed by atoms with E-state index in [0.717, 1.165) is 6.29 Å². The predicted molar refractivity (Wildman–Crippen MR) is 60.7 cm³/mol. The summed E-state index contributed by atoms with van der Waals surface area (Å²) < 4.78 is 0. The minimum absolute atomic E-state index is 0.288. The van der Waals surface area contributed by atoms with Gasteiger partial charge in [-0.05, 0) is 29.7 Å². The topological polar surface area (TPSA) is 74.6 Å². The van der Waals surface area contributed by atoms with Crippen LogP contribution in [-0.4, -0.2) is 22.5 Å².